The van der Waals surface area contributed by atoms with Crippen molar-refractivity contribution >= 4 is 5.91 Å². The van der Waals surface area contributed by atoms with Crippen molar-refractivity contribution in [2.24, 2.45) is 0 Å². The van der Waals surface area contributed by atoms with E-state index in [1.165, 1.54) is 0 Å². The summed E-state index contributed by atoms with van der Waals surface area (Å²) < 4.78 is 7.23. The van der Waals surface area contributed by atoms with Gasteiger partial charge < -0.3 is 14.7 Å². The lowest BCUT2D eigenvalue weighted by Gasteiger charge is -2.27. The van der Waals surface area contributed by atoms with Gasteiger partial charge >= 0.3 is 0 Å². The van der Waals surface area contributed by atoms with Crippen LogP contribution in [-0.4, -0.2) is 45.5 Å². The van der Waals surface area contributed by atoms with E-state index in [4.69, 9.17) is 4.74 Å². The molecule has 0 saturated heterocycles. The van der Waals surface area contributed by atoms with Crippen LogP contribution < -0.4 is 0 Å². The minimum atomic E-state index is -0.641. The smallest absolute Gasteiger partial charge is 0.248 e. The summed E-state index contributed by atoms with van der Waals surface area (Å²) in [5, 5.41) is 15.0. The zero-order valence-electron chi connectivity index (χ0n) is 14.6. The van der Waals surface area contributed by atoms with Gasteiger partial charge in [-0.2, -0.15) is 5.10 Å². The second-order valence-electron chi connectivity index (χ2n) is 6.36. The molecule has 3 rings (SSSR count). The number of hydrogen-bond donors (Lipinski definition) is 1. The highest BCUT2D eigenvalue weighted by atomic mass is 16.5. The first-order chi connectivity index (χ1) is 12.2. The molecule has 0 saturated carbocycles. The summed E-state index contributed by atoms with van der Waals surface area (Å²) in [7, 11) is 0. The van der Waals surface area contributed by atoms with Gasteiger partial charge in [0, 0.05) is 19.6 Å². The van der Waals surface area contributed by atoms with E-state index in [0.717, 1.165) is 17.7 Å². The molecule has 25 heavy (non-hydrogen) atoms. The summed E-state index contributed by atoms with van der Waals surface area (Å²) in [6, 6.07) is 11.8. The first-order valence-electron chi connectivity index (χ1n) is 8.81. The van der Waals surface area contributed by atoms with E-state index in [1.807, 2.05) is 48.0 Å². The molecule has 2 aromatic rings. The third-order valence-electron chi connectivity index (χ3n) is 4.36. The van der Waals surface area contributed by atoms with E-state index in [2.05, 4.69) is 5.10 Å². The molecular formula is C19H25N3O3. The van der Waals surface area contributed by atoms with Crippen molar-refractivity contribution in [3.63, 3.8) is 0 Å². The highest BCUT2D eigenvalue weighted by molar-refractivity contribution is 5.77. The number of rotatable bonds is 7. The van der Waals surface area contributed by atoms with E-state index in [1.54, 1.807) is 4.90 Å². The molecule has 134 valence electrons. The molecule has 1 N–H and O–H groups in total. The van der Waals surface area contributed by atoms with Crippen LogP contribution in [0.4, 0.5) is 0 Å². The number of carbonyl (C=O) groups is 1. The summed E-state index contributed by atoms with van der Waals surface area (Å²) in [6.07, 6.45) is 0.797. The van der Waals surface area contributed by atoms with Gasteiger partial charge in [-0.05, 0) is 18.1 Å². The fourth-order valence-corrected chi connectivity index (χ4v) is 3.00. The van der Waals surface area contributed by atoms with E-state index >= 15 is 0 Å². The van der Waals surface area contributed by atoms with Crippen molar-refractivity contribution in [3.8, 4) is 0 Å². The van der Waals surface area contributed by atoms with Gasteiger partial charge in [0.2, 0.25) is 5.91 Å². The van der Waals surface area contributed by atoms with Gasteiger partial charge in [0.15, 0.2) is 0 Å². The number of hydrogen-bond acceptors (Lipinski definition) is 4. The van der Waals surface area contributed by atoms with Crippen molar-refractivity contribution in [3.05, 3.63) is 53.3 Å². The Hall–Kier alpha value is -2.18. The molecule has 2 heterocycles. The van der Waals surface area contributed by atoms with Crippen molar-refractivity contribution in [1.82, 2.24) is 14.7 Å². The van der Waals surface area contributed by atoms with Crippen LogP contribution >= 0.6 is 0 Å². The molecule has 1 aliphatic heterocycles. The maximum absolute atomic E-state index is 12.2. The summed E-state index contributed by atoms with van der Waals surface area (Å²) in [4.78, 5) is 14.0. The first kappa shape index (κ1) is 17.6. The third kappa shape index (κ3) is 4.46. The fraction of sp³-hybridized carbons (Fsp3) is 0.474. The molecule has 0 aliphatic carbocycles. The molecule has 1 aliphatic rings. The minimum absolute atomic E-state index is 0.00674. The lowest BCUT2D eigenvalue weighted by molar-refractivity contribution is -0.137. The Morgan fingerprint density at radius 1 is 1.32 bits per heavy atom. The average molecular weight is 343 g/mol. The van der Waals surface area contributed by atoms with Crippen LogP contribution in [0.1, 0.15) is 36.4 Å². The number of fused-ring (bicyclic) bond motifs is 1. The zero-order chi connectivity index (χ0) is 17.6. The Balaban J connectivity index is 1.61. The second kappa shape index (κ2) is 8.27. The molecule has 6 heteroatoms. The molecule has 1 amide bonds. The van der Waals surface area contributed by atoms with E-state index < -0.39 is 6.10 Å². The molecule has 0 radical (unpaired) electrons. The predicted octanol–water partition coefficient (Wildman–Crippen LogP) is 1.93. The van der Waals surface area contributed by atoms with E-state index in [-0.39, 0.29) is 12.5 Å². The SMILES string of the molecule is CCCOCC(=O)N1CCn2nc([C@@H](O)Cc3ccccc3)cc2C1. The highest BCUT2D eigenvalue weighted by Crippen LogP contribution is 2.21. The standard InChI is InChI=1S/C19H25N3O3/c1-2-10-25-14-19(24)21-8-9-22-16(13-21)12-17(20-22)18(23)11-15-6-4-3-5-7-15/h3-7,12,18,23H,2,8-11,13-14H2,1H3/t18-/m0/s1. The number of aliphatic hydroxyl groups excluding tert-OH is 1. The van der Waals surface area contributed by atoms with Gasteiger partial charge in [-0.3, -0.25) is 9.48 Å². The topological polar surface area (TPSA) is 67.6 Å². The van der Waals surface area contributed by atoms with Crippen LogP contribution in [0.5, 0.6) is 0 Å². The van der Waals surface area contributed by atoms with Gasteiger partial charge in [0.25, 0.3) is 0 Å². The number of benzene rings is 1. The van der Waals surface area contributed by atoms with E-state index in [9.17, 15) is 9.90 Å². The second-order valence-corrected chi connectivity index (χ2v) is 6.36. The Morgan fingerprint density at radius 2 is 2.12 bits per heavy atom. The van der Waals surface area contributed by atoms with Crippen LogP contribution in [0.2, 0.25) is 0 Å². The van der Waals surface area contributed by atoms with Gasteiger partial charge in [-0.15, -0.1) is 0 Å². The van der Waals surface area contributed by atoms with Crippen molar-refractivity contribution in [2.45, 2.75) is 39.0 Å². The molecular weight excluding hydrogens is 318 g/mol. The molecule has 0 spiro atoms. The van der Waals surface area contributed by atoms with Crippen LogP contribution in [0.3, 0.4) is 0 Å². The molecule has 0 fully saturated rings. The lowest BCUT2D eigenvalue weighted by Crippen LogP contribution is -2.40. The Bertz CT molecular complexity index is 699. The van der Waals surface area contributed by atoms with Gasteiger partial charge in [0.05, 0.1) is 24.5 Å². The number of nitrogens with zero attached hydrogens (tertiary/aromatic N) is 3. The van der Waals surface area contributed by atoms with Crippen LogP contribution in [-0.2, 0) is 29.0 Å². The van der Waals surface area contributed by atoms with Gasteiger partial charge in [0.1, 0.15) is 12.7 Å². The van der Waals surface area contributed by atoms with Crippen LogP contribution in [0, 0.1) is 0 Å². The summed E-state index contributed by atoms with van der Waals surface area (Å²) >= 11 is 0. The highest BCUT2D eigenvalue weighted by Gasteiger charge is 2.24. The molecule has 1 atom stereocenters. The number of amides is 1. The lowest BCUT2D eigenvalue weighted by atomic mass is 10.1. The monoisotopic (exact) mass is 343 g/mol. The summed E-state index contributed by atoms with van der Waals surface area (Å²) in [6.45, 7) is 4.54. The van der Waals surface area contributed by atoms with Crippen molar-refractivity contribution in [1.29, 1.82) is 0 Å². The van der Waals surface area contributed by atoms with Crippen LogP contribution in [0.15, 0.2) is 36.4 Å². The number of carbonyl (C=O) groups excluding carboxylic acids is 1. The van der Waals surface area contributed by atoms with Crippen molar-refractivity contribution < 1.29 is 14.6 Å². The molecule has 0 bridgehead atoms. The average Bonchev–Trinajstić information content (AvgIpc) is 3.06. The van der Waals surface area contributed by atoms with Gasteiger partial charge in [-0.1, -0.05) is 37.3 Å². The Morgan fingerprint density at radius 3 is 2.88 bits per heavy atom. The Labute approximate surface area is 148 Å². The normalized spacial score (nSPS) is 15.0. The minimum Gasteiger partial charge on any atom is -0.386 e. The van der Waals surface area contributed by atoms with E-state index in [0.29, 0.717) is 38.4 Å². The molecule has 1 aromatic carbocycles. The zero-order valence-corrected chi connectivity index (χ0v) is 14.6. The third-order valence-corrected chi connectivity index (χ3v) is 4.36. The Kier molecular flexibility index (Phi) is 5.83. The summed E-state index contributed by atoms with van der Waals surface area (Å²) in [5.41, 5.74) is 2.69. The molecule has 6 nitrogen and oxygen atoms in total. The van der Waals surface area contributed by atoms with Gasteiger partial charge in [-0.25, -0.2) is 0 Å². The predicted molar refractivity (Wildman–Crippen MR) is 93.9 cm³/mol. The largest absolute Gasteiger partial charge is 0.386 e. The van der Waals surface area contributed by atoms with Crippen molar-refractivity contribution in [2.75, 3.05) is 19.8 Å². The number of aliphatic hydroxyl groups is 1. The fourth-order valence-electron chi connectivity index (χ4n) is 3.00. The molecule has 1 aromatic heterocycles. The maximum atomic E-state index is 12.2. The number of ether oxygens (including phenoxy) is 1. The summed E-state index contributed by atoms with van der Waals surface area (Å²) in [5.74, 6) is 0.00674. The number of aromatic nitrogens is 2. The van der Waals surface area contributed by atoms with Crippen LogP contribution in [0.25, 0.3) is 0 Å². The maximum Gasteiger partial charge on any atom is 0.248 e. The molecule has 0 unspecified atom stereocenters. The quantitative estimate of drug-likeness (QED) is 0.780. The first-order valence-corrected chi connectivity index (χ1v) is 8.81.